The molecule has 0 aromatic carbocycles. The lowest BCUT2D eigenvalue weighted by molar-refractivity contribution is 0.388. The molecule has 1 aliphatic heterocycles. The molecule has 0 saturated carbocycles. The van der Waals surface area contributed by atoms with E-state index < -0.39 is 10.0 Å². The maximum Gasteiger partial charge on any atom is 0.225 e. The summed E-state index contributed by atoms with van der Waals surface area (Å²) in [6.45, 7) is 2.38. The lowest BCUT2D eigenvalue weighted by atomic mass is 9.95. The number of anilines is 1. The molecule has 1 aromatic heterocycles. The monoisotopic (exact) mass is 284 g/mol. The van der Waals surface area contributed by atoms with Gasteiger partial charge in [0, 0.05) is 32.0 Å². The second-order valence-electron chi connectivity index (χ2n) is 4.96. The third-order valence-electron chi connectivity index (χ3n) is 3.27. The van der Waals surface area contributed by atoms with E-state index in [1.54, 1.807) is 18.5 Å². The van der Waals surface area contributed by atoms with Crippen LogP contribution in [0.3, 0.4) is 0 Å². The van der Waals surface area contributed by atoms with Crippen molar-refractivity contribution >= 4 is 16.0 Å². The Morgan fingerprint density at radius 2 is 2.16 bits per heavy atom. The normalized spacial score (nSPS) is 20.5. The third kappa shape index (κ3) is 4.76. The summed E-state index contributed by atoms with van der Waals surface area (Å²) in [5, 5.41) is 0. The second kappa shape index (κ2) is 6.29. The van der Waals surface area contributed by atoms with Gasteiger partial charge in [-0.1, -0.05) is 0 Å². The van der Waals surface area contributed by atoms with E-state index in [-0.39, 0.29) is 0 Å². The molecule has 2 heterocycles. The van der Waals surface area contributed by atoms with Crippen LogP contribution >= 0.6 is 0 Å². The number of aromatic nitrogens is 2. The molecule has 6 nitrogen and oxygen atoms in total. The zero-order chi connectivity index (χ0) is 13.7. The predicted molar refractivity (Wildman–Crippen MR) is 74.4 cm³/mol. The molecule has 1 aromatic rings. The number of hydrogen-bond donors (Lipinski definition) is 1. The van der Waals surface area contributed by atoms with E-state index in [1.807, 2.05) is 0 Å². The van der Waals surface area contributed by atoms with Gasteiger partial charge in [0.25, 0.3) is 0 Å². The molecule has 1 atom stereocenters. The van der Waals surface area contributed by atoms with Gasteiger partial charge in [0.2, 0.25) is 16.0 Å². The lowest BCUT2D eigenvalue weighted by Crippen LogP contribution is -2.38. The first-order chi connectivity index (χ1) is 9.04. The summed E-state index contributed by atoms with van der Waals surface area (Å²) in [5.41, 5.74) is 0. The molecule has 0 bridgehead atoms. The largest absolute Gasteiger partial charge is 0.341 e. The molecule has 2 rings (SSSR count). The first kappa shape index (κ1) is 14.2. The maximum absolute atomic E-state index is 11.0. The van der Waals surface area contributed by atoms with Gasteiger partial charge in [0.15, 0.2) is 0 Å². The van der Waals surface area contributed by atoms with E-state index >= 15 is 0 Å². The molecule has 0 aliphatic carbocycles. The van der Waals surface area contributed by atoms with Gasteiger partial charge in [-0.3, -0.25) is 0 Å². The number of nitrogens with one attached hydrogen (secondary N) is 1. The molecular weight excluding hydrogens is 264 g/mol. The fraction of sp³-hybridized carbons (Fsp3) is 0.667. The molecule has 0 radical (unpaired) electrons. The van der Waals surface area contributed by atoms with Crippen molar-refractivity contribution in [2.45, 2.75) is 19.3 Å². The number of sulfonamides is 1. The second-order valence-corrected chi connectivity index (χ2v) is 6.79. The molecule has 0 amide bonds. The molecule has 1 N–H and O–H groups in total. The Hall–Kier alpha value is -1.21. The van der Waals surface area contributed by atoms with Gasteiger partial charge in [-0.15, -0.1) is 0 Å². The minimum Gasteiger partial charge on any atom is -0.341 e. The van der Waals surface area contributed by atoms with Crippen molar-refractivity contribution in [3.8, 4) is 0 Å². The Balaban J connectivity index is 1.84. The fourth-order valence-corrected chi connectivity index (χ4v) is 2.87. The Morgan fingerprint density at radius 1 is 1.42 bits per heavy atom. The smallest absolute Gasteiger partial charge is 0.225 e. The van der Waals surface area contributed by atoms with E-state index in [1.165, 1.54) is 6.26 Å². The van der Waals surface area contributed by atoms with Gasteiger partial charge < -0.3 is 4.90 Å². The van der Waals surface area contributed by atoms with Gasteiger partial charge in [0.1, 0.15) is 0 Å². The quantitative estimate of drug-likeness (QED) is 0.858. The zero-order valence-electron chi connectivity index (χ0n) is 11.1. The van der Waals surface area contributed by atoms with Gasteiger partial charge in [0.05, 0.1) is 6.26 Å². The standard InChI is InChI=1S/C12H20N4O2S/c1-19(17,18)15-8-5-11-4-2-9-16(10-11)12-13-6-3-7-14-12/h3,6-7,11,15H,2,4-5,8-10H2,1H3/t11-/m0/s1. The zero-order valence-corrected chi connectivity index (χ0v) is 11.9. The van der Waals surface area contributed by atoms with Crippen molar-refractivity contribution in [2.75, 3.05) is 30.8 Å². The summed E-state index contributed by atoms with van der Waals surface area (Å²) < 4.78 is 24.6. The minimum absolute atomic E-state index is 0.492. The van der Waals surface area contributed by atoms with Crippen LogP contribution in [0.2, 0.25) is 0 Å². The van der Waals surface area contributed by atoms with Gasteiger partial charge >= 0.3 is 0 Å². The third-order valence-corrected chi connectivity index (χ3v) is 4.00. The Kier molecular flexibility index (Phi) is 4.71. The van der Waals surface area contributed by atoms with E-state index in [2.05, 4.69) is 19.6 Å². The molecule has 1 saturated heterocycles. The Morgan fingerprint density at radius 3 is 2.84 bits per heavy atom. The summed E-state index contributed by atoms with van der Waals surface area (Å²) >= 11 is 0. The van der Waals surface area contributed by atoms with Gasteiger partial charge in [-0.2, -0.15) is 0 Å². The van der Waals surface area contributed by atoms with Crippen LogP contribution in [0, 0.1) is 5.92 Å². The van der Waals surface area contributed by atoms with Crippen LogP contribution < -0.4 is 9.62 Å². The van der Waals surface area contributed by atoms with Gasteiger partial charge in [-0.25, -0.2) is 23.1 Å². The molecule has 1 fully saturated rings. The summed E-state index contributed by atoms with van der Waals surface area (Å²) in [7, 11) is -3.08. The minimum atomic E-state index is -3.08. The van der Waals surface area contributed by atoms with E-state index in [0.29, 0.717) is 12.5 Å². The van der Waals surface area contributed by atoms with Gasteiger partial charge in [-0.05, 0) is 31.2 Å². The predicted octanol–water partition coefficient (Wildman–Crippen LogP) is 0.632. The van der Waals surface area contributed by atoms with Crippen LogP contribution in [0.15, 0.2) is 18.5 Å². The molecule has 106 valence electrons. The molecule has 7 heteroatoms. The summed E-state index contributed by atoms with van der Waals surface area (Å²) in [5.74, 6) is 1.26. The highest BCUT2D eigenvalue weighted by molar-refractivity contribution is 7.88. The average Bonchev–Trinajstić information content (AvgIpc) is 2.39. The highest BCUT2D eigenvalue weighted by Gasteiger charge is 2.21. The summed E-state index contributed by atoms with van der Waals surface area (Å²) in [6, 6.07) is 1.81. The fourth-order valence-electron chi connectivity index (χ4n) is 2.39. The summed E-state index contributed by atoms with van der Waals surface area (Å²) in [6.07, 6.45) is 7.78. The Bertz CT molecular complexity index is 492. The highest BCUT2D eigenvalue weighted by atomic mass is 32.2. The van der Waals surface area contributed by atoms with E-state index in [9.17, 15) is 8.42 Å². The molecule has 1 aliphatic rings. The van der Waals surface area contributed by atoms with Crippen LogP contribution in [0.25, 0.3) is 0 Å². The van der Waals surface area contributed by atoms with Crippen molar-refractivity contribution in [1.82, 2.24) is 14.7 Å². The van der Waals surface area contributed by atoms with Crippen molar-refractivity contribution in [2.24, 2.45) is 5.92 Å². The highest BCUT2D eigenvalue weighted by Crippen LogP contribution is 2.21. The van der Waals surface area contributed by atoms with Crippen molar-refractivity contribution in [1.29, 1.82) is 0 Å². The van der Waals surface area contributed by atoms with Crippen LogP contribution in [0.1, 0.15) is 19.3 Å². The topological polar surface area (TPSA) is 75.2 Å². The lowest BCUT2D eigenvalue weighted by Gasteiger charge is -2.32. The molecule has 0 spiro atoms. The number of rotatable bonds is 5. The Labute approximate surface area is 114 Å². The van der Waals surface area contributed by atoms with Crippen molar-refractivity contribution in [3.63, 3.8) is 0 Å². The average molecular weight is 284 g/mol. The van der Waals surface area contributed by atoms with Crippen LogP contribution in [0.5, 0.6) is 0 Å². The number of piperidine rings is 1. The van der Waals surface area contributed by atoms with E-state index in [0.717, 1.165) is 38.3 Å². The molecule has 0 unspecified atom stereocenters. The first-order valence-corrected chi connectivity index (χ1v) is 8.40. The van der Waals surface area contributed by atoms with Crippen molar-refractivity contribution in [3.05, 3.63) is 18.5 Å². The summed E-state index contributed by atoms with van der Waals surface area (Å²) in [4.78, 5) is 10.7. The SMILES string of the molecule is CS(=O)(=O)NCC[C@@H]1CCCN(c2ncccn2)C1. The van der Waals surface area contributed by atoms with E-state index in [4.69, 9.17) is 0 Å². The van der Waals surface area contributed by atoms with Crippen molar-refractivity contribution < 1.29 is 8.42 Å². The molecule has 19 heavy (non-hydrogen) atoms. The maximum atomic E-state index is 11.0. The molecular formula is C12H20N4O2S. The number of nitrogens with zero attached hydrogens (tertiary/aromatic N) is 3. The van der Waals surface area contributed by atoms with Crippen LogP contribution in [-0.4, -0.2) is 44.3 Å². The van der Waals surface area contributed by atoms with Crippen LogP contribution in [0.4, 0.5) is 5.95 Å². The number of hydrogen-bond acceptors (Lipinski definition) is 5. The van der Waals surface area contributed by atoms with Crippen LogP contribution in [-0.2, 0) is 10.0 Å². The first-order valence-electron chi connectivity index (χ1n) is 6.51.